The van der Waals surface area contributed by atoms with Crippen LogP contribution in [-0.2, 0) is 4.74 Å². The van der Waals surface area contributed by atoms with Crippen molar-refractivity contribution in [2.24, 2.45) is 5.92 Å². The molecule has 4 heteroatoms. The third kappa shape index (κ3) is 3.01. The first-order valence-corrected chi connectivity index (χ1v) is 6.38. The van der Waals surface area contributed by atoms with Gasteiger partial charge >= 0.3 is 0 Å². The number of hydrogen-bond acceptors (Lipinski definition) is 3. The molecule has 2 unspecified atom stereocenters. The first-order valence-electron chi connectivity index (χ1n) is 6.38. The van der Waals surface area contributed by atoms with Crippen molar-refractivity contribution in [3.8, 4) is 0 Å². The van der Waals surface area contributed by atoms with E-state index in [4.69, 9.17) is 4.74 Å². The van der Waals surface area contributed by atoms with Gasteiger partial charge in [0.1, 0.15) is 0 Å². The molecule has 2 rings (SSSR count). The van der Waals surface area contributed by atoms with Crippen molar-refractivity contribution < 1.29 is 9.53 Å². The highest BCUT2D eigenvalue weighted by atomic mass is 16.5. The first-order chi connectivity index (χ1) is 8.70. The van der Waals surface area contributed by atoms with Gasteiger partial charge in [0.2, 0.25) is 0 Å². The van der Waals surface area contributed by atoms with E-state index in [-0.39, 0.29) is 12.0 Å². The summed E-state index contributed by atoms with van der Waals surface area (Å²) in [6.45, 7) is 3.55. The zero-order valence-corrected chi connectivity index (χ0v) is 10.9. The van der Waals surface area contributed by atoms with Gasteiger partial charge in [-0.15, -0.1) is 0 Å². The largest absolute Gasteiger partial charge is 0.388 e. The Morgan fingerprint density at radius 2 is 2.11 bits per heavy atom. The van der Waals surface area contributed by atoms with Gasteiger partial charge in [-0.2, -0.15) is 0 Å². The number of benzene rings is 1. The number of carbonyl (C=O) groups is 1. The molecule has 2 atom stereocenters. The van der Waals surface area contributed by atoms with Crippen molar-refractivity contribution in [2.45, 2.75) is 19.4 Å². The van der Waals surface area contributed by atoms with Crippen LogP contribution in [0.2, 0.25) is 0 Å². The molecule has 1 amide bonds. The average Bonchev–Trinajstić information content (AvgIpc) is 2.81. The molecule has 2 N–H and O–H groups in total. The summed E-state index contributed by atoms with van der Waals surface area (Å²) in [7, 11) is 1.86. The Morgan fingerprint density at radius 3 is 2.67 bits per heavy atom. The van der Waals surface area contributed by atoms with Crippen molar-refractivity contribution in [2.75, 3.05) is 25.5 Å². The lowest BCUT2D eigenvalue weighted by atomic mass is 10.0. The van der Waals surface area contributed by atoms with Crippen LogP contribution in [0.5, 0.6) is 0 Å². The standard InChI is InChI=1S/C14H20N2O2/c1-10-12(7-8-18-10)9-16-14(17)11-3-5-13(15-2)6-4-11/h3-6,10,12,15H,7-9H2,1-2H3,(H,16,17). The molecule has 0 saturated carbocycles. The molecule has 18 heavy (non-hydrogen) atoms. The van der Waals surface area contributed by atoms with Gasteiger partial charge in [-0.05, 0) is 37.6 Å². The highest BCUT2D eigenvalue weighted by Gasteiger charge is 2.24. The van der Waals surface area contributed by atoms with Gasteiger partial charge < -0.3 is 15.4 Å². The van der Waals surface area contributed by atoms with Crippen LogP contribution in [0.1, 0.15) is 23.7 Å². The Kier molecular flexibility index (Phi) is 4.20. The fourth-order valence-corrected chi connectivity index (χ4v) is 2.16. The molecule has 1 aliphatic heterocycles. The maximum Gasteiger partial charge on any atom is 0.251 e. The molecule has 1 aromatic rings. The smallest absolute Gasteiger partial charge is 0.251 e. The van der Waals surface area contributed by atoms with Gasteiger partial charge in [0.05, 0.1) is 6.10 Å². The minimum atomic E-state index is -0.0169. The number of anilines is 1. The summed E-state index contributed by atoms with van der Waals surface area (Å²) in [5.74, 6) is 0.419. The topological polar surface area (TPSA) is 50.4 Å². The molecule has 1 saturated heterocycles. The normalized spacial score (nSPS) is 22.8. The van der Waals surface area contributed by atoms with E-state index < -0.39 is 0 Å². The lowest BCUT2D eigenvalue weighted by Gasteiger charge is -2.14. The minimum absolute atomic E-state index is 0.0169. The zero-order valence-electron chi connectivity index (χ0n) is 10.9. The second-order valence-corrected chi connectivity index (χ2v) is 4.66. The van der Waals surface area contributed by atoms with Gasteiger partial charge in [-0.3, -0.25) is 4.79 Å². The molecule has 98 valence electrons. The Balaban J connectivity index is 1.87. The second kappa shape index (κ2) is 5.87. The summed E-state index contributed by atoms with van der Waals surface area (Å²) < 4.78 is 5.47. The van der Waals surface area contributed by atoms with E-state index in [1.165, 1.54) is 0 Å². The zero-order chi connectivity index (χ0) is 13.0. The molecular formula is C14H20N2O2. The van der Waals surface area contributed by atoms with E-state index in [9.17, 15) is 4.79 Å². The van der Waals surface area contributed by atoms with E-state index in [2.05, 4.69) is 17.6 Å². The van der Waals surface area contributed by atoms with Crippen molar-refractivity contribution in [3.05, 3.63) is 29.8 Å². The summed E-state index contributed by atoms with van der Waals surface area (Å²) in [4.78, 5) is 11.9. The second-order valence-electron chi connectivity index (χ2n) is 4.66. The van der Waals surface area contributed by atoms with E-state index in [1.54, 1.807) is 0 Å². The third-order valence-corrected chi connectivity index (χ3v) is 3.49. The maximum atomic E-state index is 11.9. The van der Waals surface area contributed by atoms with E-state index in [1.807, 2.05) is 31.3 Å². The lowest BCUT2D eigenvalue weighted by molar-refractivity contribution is 0.0907. The quantitative estimate of drug-likeness (QED) is 0.855. The Bertz CT molecular complexity index is 403. The minimum Gasteiger partial charge on any atom is -0.388 e. The summed E-state index contributed by atoms with van der Waals surface area (Å²) in [6.07, 6.45) is 1.28. The fourth-order valence-electron chi connectivity index (χ4n) is 2.16. The number of hydrogen-bond donors (Lipinski definition) is 2. The summed E-state index contributed by atoms with van der Waals surface area (Å²) in [5, 5.41) is 6.00. The number of carbonyl (C=O) groups excluding carboxylic acids is 1. The van der Waals surface area contributed by atoms with Crippen molar-refractivity contribution >= 4 is 11.6 Å². The Morgan fingerprint density at radius 1 is 1.39 bits per heavy atom. The highest BCUT2D eigenvalue weighted by molar-refractivity contribution is 5.94. The molecule has 1 aromatic carbocycles. The van der Waals surface area contributed by atoms with Crippen LogP contribution in [0.25, 0.3) is 0 Å². The first kappa shape index (κ1) is 12.9. The average molecular weight is 248 g/mol. The van der Waals surface area contributed by atoms with Gasteiger partial charge in [0.25, 0.3) is 5.91 Å². The monoisotopic (exact) mass is 248 g/mol. The molecule has 0 bridgehead atoms. The van der Waals surface area contributed by atoms with Crippen molar-refractivity contribution in [1.29, 1.82) is 0 Å². The van der Waals surface area contributed by atoms with Crippen molar-refractivity contribution in [1.82, 2.24) is 5.32 Å². The van der Waals surface area contributed by atoms with Gasteiger partial charge in [0, 0.05) is 37.4 Å². The molecule has 4 nitrogen and oxygen atoms in total. The van der Waals surface area contributed by atoms with Crippen LogP contribution >= 0.6 is 0 Å². The van der Waals surface area contributed by atoms with Gasteiger partial charge in [-0.1, -0.05) is 0 Å². The molecule has 0 spiro atoms. The van der Waals surface area contributed by atoms with Crippen LogP contribution in [0.4, 0.5) is 5.69 Å². The number of rotatable bonds is 4. The molecule has 1 fully saturated rings. The van der Waals surface area contributed by atoms with Gasteiger partial charge in [-0.25, -0.2) is 0 Å². The van der Waals surface area contributed by atoms with Crippen LogP contribution in [0.3, 0.4) is 0 Å². The van der Waals surface area contributed by atoms with E-state index >= 15 is 0 Å². The van der Waals surface area contributed by atoms with Crippen LogP contribution in [0, 0.1) is 5.92 Å². The Labute approximate surface area is 108 Å². The predicted molar refractivity (Wildman–Crippen MR) is 71.8 cm³/mol. The molecule has 1 aliphatic rings. The summed E-state index contributed by atoms with van der Waals surface area (Å²) >= 11 is 0. The van der Waals surface area contributed by atoms with Gasteiger partial charge in [0.15, 0.2) is 0 Å². The van der Waals surface area contributed by atoms with E-state index in [0.717, 1.165) is 18.7 Å². The number of amides is 1. The lowest BCUT2D eigenvalue weighted by Crippen LogP contribution is -2.31. The molecular weight excluding hydrogens is 228 g/mol. The SMILES string of the molecule is CNc1ccc(C(=O)NCC2CCOC2C)cc1. The number of nitrogens with one attached hydrogen (secondary N) is 2. The molecule has 0 aromatic heterocycles. The molecule has 1 heterocycles. The predicted octanol–water partition coefficient (Wildman–Crippen LogP) is 1.88. The third-order valence-electron chi connectivity index (χ3n) is 3.49. The van der Waals surface area contributed by atoms with Crippen molar-refractivity contribution in [3.63, 3.8) is 0 Å². The van der Waals surface area contributed by atoms with Crippen LogP contribution in [0.15, 0.2) is 24.3 Å². The summed E-state index contributed by atoms with van der Waals surface area (Å²) in [6, 6.07) is 7.46. The fraction of sp³-hybridized carbons (Fsp3) is 0.500. The Hall–Kier alpha value is -1.55. The van der Waals surface area contributed by atoms with E-state index in [0.29, 0.717) is 18.0 Å². The number of ether oxygens (including phenoxy) is 1. The molecule has 0 aliphatic carbocycles. The van der Waals surface area contributed by atoms with Crippen LogP contribution < -0.4 is 10.6 Å². The highest BCUT2D eigenvalue weighted by Crippen LogP contribution is 2.19. The maximum absolute atomic E-state index is 11.9. The van der Waals surface area contributed by atoms with Crippen LogP contribution in [-0.4, -0.2) is 32.2 Å². The summed E-state index contributed by atoms with van der Waals surface area (Å²) in [5.41, 5.74) is 1.70. The molecule has 0 radical (unpaired) electrons.